The van der Waals surface area contributed by atoms with E-state index in [0.29, 0.717) is 12.4 Å². The summed E-state index contributed by atoms with van der Waals surface area (Å²) in [6, 6.07) is 7.84. The zero-order valence-electron chi connectivity index (χ0n) is 14.7. The Morgan fingerprint density at radius 2 is 2.12 bits per heavy atom. The van der Waals surface area contributed by atoms with E-state index in [1.54, 1.807) is 24.0 Å². The van der Waals surface area contributed by atoms with Crippen molar-refractivity contribution in [3.63, 3.8) is 0 Å². The molecule has 1 aromatic heterocycles. The van der Waals surface area contributed by atoms with Gasteiger partial charge >= 0.3 is 0 Å². The van der Waals surface area contributed by atoms with Crippen LogP contribution in [0, 0.1) is 12.8 Å². The molecule has 2 aromatic rings. The first kappa shape index (κ1) is 17.5. The predicted octanol–water partition coefficient (Wildman–Crippen LogP) is 2.07. The van der Waals surface area contributed by atoms with E-state index < -0.39 is 6.10 Å². The second-order valence-electron chi connectivity index (χ2n) is 6.72. The molecular formula is C19H25N3O3. The number of aliphatic hydroxyl groups excluding tert-OH is 1. The lowest BCUT2D eigenvalue weighted by Crippen LogP contribution is -2.46. The minimum atomic E-state index is -0.600. The number of hydrogen-bond donors (Lipinski definition) is 2. The largest absolute Gasteiger partial charge is 0.488 e. The molecule has 0 spiro atoms. The molecule has 6 nitrogen and oxygen atoms in total. The van der Waals surface area contributed by atoms with Crippen molar-refractivity contribution in [2.75, 3.05) is 6.54 Å². The summed E-state index contributed by atoms with van der Waals surface area (Å²) in [6.45, 7) is 2.44. The molecule has 25 heavy (non-hydrogen) atoms. The van der Waals surface area contributed by atoms with Gasteiger partial charge in [-0.2, -0.15) is 0 Å². The van der Waals surface area contributed by atoms with Crippen molar-refractivity contribution in [1.29, 1.82) is 0 Å². The van der Waals surface area contributed by atoms with Crippen molar-refractivity contribution >= 4 is 5.91 Å². The lowest BCUT2D eigenvalue weighted by atomic mass is 9.84. The summed E-state index contributed by atoms with van der Waals surface area (Å²) in [5.74, 6) is 0.903. The van der Waals surface area contributed by atoms with Gasteiger partial charge in [0.05, 0.1) is 6.10 Å². The van der Waals surface area contributed by atoms with Gasteiger partial charge in [-0.05, 0) is 38.3 Å². The molecule has 6 heteroatoms. The summed E-state index contributed by atoms with van der Waals surface area (Å²) >= 11 is 0. The average Bonchev–Trinajstić information content (AvgIpc) is 3.03. The van der Waals surface area contributed by atoms with Crippen LogP contribution in [0.2, 0.25) is 0 Å². The van der Waals surface area contributed by atoms with E-state index in [0.717, 1.165) is 25.0 Å². The first-order chi connectivity index (χ1) is 12.0. The number of nitrogens with zero attached hydrogens (tertiary/aromatic N) is 2. The maximum absolute atomic E-state index is 12.2. The second kappa shape index (κ2) is 7.70. The highest BCUT2D eigenvalue weighted by molar-refractivity contribution is 5.90. The van der Waals surface area contributed by atoms with Gasteiger partial charge in [-0.25, -0.2) is 4.98 Å². The summed E-state index contributed by atoms with van der Waals surface area (Å²) in [7, 11) is 1.78. The van der Waals surface area contributed by atoms with Crippen LogP contribution in [0.3, 0.4) is 0 Å². The molecule has 134 valence electrons. The Balaban J connectivity index is 1.56. The monoisotopic (exact) mass is 343 g/mol. The third-order valence-electron chi connectivity index (χ3n) is 4.78. The van der Waals surface area contributed by atoms with Gasteiger partial charge in [0.15, 0.2) is 5.82 Å². The average molecular weight is 343 g/mol. The number of benzene rings is 1. The fourth-order valence-corrected chi connectivity index (χ4v) is 3.26. The molecule has 1 saturated carbocycles. The van der Waals surface area contributed by atoms with Crippen molar-refractivity contribution < 1.29 is 14.6 Å². The van der Waals surface area contributed by atoms with Gasteiger partial charge in [0.25, 0.3) is 5.91 Å². The number of aliphatic hydroxyl groups is 1. The van der Waals surface area contributed by atoms with E-state index in [1.165, 1.54) is 5.56 Å². The van der Waals surface area contributed by atoms with Crippen molar-refractivity contribution in [2.24, 2.45) is 13.0 Å². The fraction of sp³-hybridized carbons (Fsp3) is 0.474. The van der Waals surface area contributed by atoms with Crippen LogP contribution >= 0.6 is 0 Å². The summed E-state index contributed by atoms with van der Waals surface area (Å²) in [4.78, 5) is 16.2. The zero-order chi connectivity index (χ0) is 17.8. The Hall–Kier alpha value is -2.34. The van der Waals surface area contributed by atoms with Gasteiger partial charge in [-0.3, -0.25) is 4.79 Å². The van der Waals surface area contributed by atoms with Crippen LogP contribution < -0.4 is 10.1 Å². The van der Waals surface area contributed by atoms with Crippen molar-refractivity contribution in [3.05, 3.63) is 48.0 Å². The van der Waals surface area contributed by atoms with E-state index in [1.807, 2.05) is 31.2 Å². The highest BCUT2D eigenvalue weighted by Gasteiger charge is 2.33. The van der Waals surface area contributed by atoms with Crippen LogP contribution in [0.4, 0.5) is 0 Å². The standard InChI is InChI=1S/C19H25N3O3/c1-13-6-8-15(9-7-13)25-16-5-3-4-14(17(16)23)12-21-19(24)18-20-10-11-22(18)2/h6-11,14,16-17,23H,3-5,12H2,1-2H3,(H,21,24)/t14-,16-,17-/m1/s1. The molecule has 1 aromatic carbocycles. The summed E-state index contributed by atoms with van der Waals surface area (Å²) < 4.78 is 7.65. The third kappa shape index (κ3) is 4.20. The summed E-state index contributed by atoms with van der Waals surface area (Å²) in [5, 5.41) is 13.5. The number of hydrogen-bond acceptors (Lipinski definition) is 4. The van der Waals surface area contributed by atoms with Crippen LogP contribution in [-0.4, -0.2) is 39.3 Å². The van der Waals surface area contributed by atoms with E-state index in [4.69, 9.17) is 4.74 Å². The smallest absolute Gasteiger partial charge is 0.287 e. The first-order valence-corrected chi connectivity index (χ1v) is 8.71. The van der Waals surface area contributed by atoms with Gasteiger partial charge in [-0.1, -0.05) is 17.7 Å². The Morgan fingerprint density at radius 1 is 1.36 bits per heavy atom. The third-order valence-corrected chi connectivity index (χ3v) is 4.78. The lowest BCUT2D eigenvalue weighted by molar-refractivity contribution is -0.0301. The van der Waals surface area contributed by atoms with Gasteiger partial charge in [0.1, 0.15) is 11.9 Å². The molecule has 3 atom stereocenters. The highest BCUT2D eigenvalue weighted by atomic mass is 16.5. The normalized spacial score (nSPS) is 23.2. The molecule has 0 unspecified atom stereocenters. The number of imidazole rings is 1. The molecule has 1 aliphatic rings. The first-order valence-electron chi connectivity index (χ1n) is 8.71. The Labute approximate surface area is 147 Å². The molecule has 1 aliphatic carbocycles. The maximum Gasteiger partial charge on any atom is 0.287 e. The Kier molecular flexibility index (Phi) is 5.38. The minimum absolute atomic E-state index is 0.0200. The molecule has 0 saturated heterocycles. The van der Waals surface area contributed by atoms with Crippen LogP contribution in [0.15, 0.2) is 36.7 Å². The lowest BCUT2D eigenvalue weighted by Gasteiger charge is -2.35. The number of amides is 1. The number of ether oxygens (including phenoxy) is 1. The van der Waals surface area contributed by atoms with Crippen LogP contribution in [-0.2, 0) is 7.05 Å². The number of carbonyl (C=O) groups excluding carboxylic acids is 1. The van der Waals surface area contributed by atoms with Crippen molar-refractivity contribution in [1.82, 2.24) is 14.9 Å². The topological polar surface area (TPSA) is 76.4 Å². The molecule has 0 bridgehead atoms. The van der Waals surface area contributed by atoms with E-state index in [-0.39, 0.29) is 17.9 Å². The number of nitrogens with one attached hydrogen (secondary N) is 1. The molecule has 1 fully saturated rings. The SMILES string of the molecule is Cc1ccc(O[C@@H]2CCC[C@H](CNC(=O)c3nccn3C)[C@H]2O)cc1. The van der Waals surface area contributed by atoms with Crippen LogP contribution in [0.1, 0.15) is 35.4 Å². The molecule has 1 amide bonds. The van der Waals surface area contributed by atoms with Crippen LogP contribution in [0.25, 0.3) is 0 Å². The highest BCUT2D eigenvalue weighted by Crippen LogP contribution is 2.28. The molecule has 3 rings (SSSR count). The van der Waals surface area contributed by atoms with E-state index >= 15 is 0 Å². The van der Waals surface area contributed by atoms with Crippen LogP contribution in [0.5, 0.6) is 5.75 Å². The quantitative estimate of drug-likeness (QED) is 0.871. The molecule has 0 aliphatic heterocycles. The Bertz CT molecular complexity index is 711. The minimum Gasteiger partial charge on any atom is -0.488 e. The molecule has 0 radical (unpaired) electrons. The molecule has 1 heterocycles. The Morgan fingerprint density at radius 3 is 2.80 bits per heavy atom. The number of aryl methyl sites for hydroxylation is 2. The number of aromatic nitrogens is 2. The van der Waals surface area contributed by atoms with Gasteiger partial charge in [-0.15, -0.1) is 0 Å². The van der Waals surface area contributed by atoms with E-state index in [2.05, 4.69) is 10.3 Å². The van der Waals surface area contributed by atoms with Gasteiger partial charge < -0.3 is 19.7 Å². The van der Waals surface area contributed by atoms with Crippen molar-refractivity contribution in [3.8, 4) is 5.75 Å². The summed E-state index contributed by atoms with van der Waals surface area (Å²) in [6.07, 6.45) is 5.14. The predicted molar refractivity (Wildman–Crippen MR) is 94.5 cm³/mol. The summed E-state index contributed by atoms with van der Waals surface area (Å²) in [5.41, 5.74) is 1.17. The number of carbonyl (C=O) groups is 1. The second-order valence-corrected chi connectivity index (χ2v) is 6.72. The maximum atomic E-state index is 12.2. The van der Waals surface area contributed by atoms with Gasteiger partial charge in [0, 0.05) is 31.9 Å². The molecular weight excluding hydrogens is 318 g/mol. The fourth-order valence-electron chi connectivity index (χ4n) is 3.26. The zero-order valence-corrected chi connectivity index (χ0v) is 14.7. The van der Waals surface area contributed by atoms with Crippen molar-refractivity contribution in [2.45, 2.75) is 38.4 Å². The number of rotatable bonds is 5. The van der Waals surface area contributed by atoms with Gasteiger partial charge in [0.2, 0.25) is 0 Å². The van der Waals surface area contributed by atoms with E-state index in [9.17, 15) is 9.90 Å². The molecule has 2 N–H and O–H groups in total.